The van der Waals surface area contributed by atoms with E-state index in [9.17, 15) is 9.59 Å². The van der Waals surface area contributed by atoms with E-state index in [1.54, 1.807) is 17.0 Å². The third-order valence-corrected chi connectivity index (χ3v) is 5.53. The van der Waals surface area contributed by atoms with Gasteiger partial charge in [-0.15, -0.1) is 0 Å². The summed E-state index contributed by atoms with van der Waals surface area (Å²) >= 11 is 11.9. The van der Waals surface area contributed by atoms with Crippen molar-refractivity contribution in [3.8, 4) is 0 Å². The van der Waals surface area contributed by atoms with Crippen molar-refractivity contribution in [3.05, 3.63) is 46.3 Å². The fourth-order valence-electron chi connectivity index (χ4n) is 3.55. The lowest BCUT2D eigenvalue weighted by Gasteiger charge is -2.34. The number of carbonyl (C=O) groups excluding carboxylic acids is 2. The lowest BCUT2D eigenvalue weighted by molar-refractivity contribution is 0.0187. The van der Waals surface area contributed by atoms with E-state index in [1.165, 1.54) is 6.20 Å². The summed E-state index contributed by atoms with van der Waals surface area (Å²) in [5.74, 6) is 0.368. The zero-order valence-corrected chi connectivity index (χ0v) is 20.0. The second-order valence-corrected chi connectivity index (χ2v) is 9.51. The van der Waals surface area contributed by atoms with Crippen molar-refractivity contribution < 1.29 is 14.3 Å². The topological polar surface area (TPSA) is 88.5 Å². The van der Waals surface area contributed by atoms with Crippen molar-refractivity contribution in [2.45, 2.75) is 45.3 Å². The summed E-state index contributed by atoms with van der Waals surface area (Å²) in [6, 6.07) is 5.43. The normalized spacial score (nSPS) is 14.8. The van der Waals surface area contributed by atoms with Crippen LogP contribution in [0.2, 0.25) is 10.0 Å². The number of rotatable bonds is 6. The molecule has 1 fully saturated rings. The zero-order chi connectivity index (χ0) is 23.3. The monoisotopic (exact) mass is 481 g/mol. The second kappa shape index (κ2) is 10.4. The van der Waals surface area contributed by atoms with E-state index >= 15 is 0 Å². The van der Waals surface area contributed by atoms with E-state index in [0.717, 1.165) is 12.8 Å². The number of ether oxygens (including phenoxy) is 1. The van der Waals surface area contributed by atoms with Crippen LogP contribution in [-0.2, 0) is 4.74 Å². The molecule has 0 atom stereocenters. The maximum absolute atomic E-state index is 12.7. The van der Waals surface area contributed by atoms with E-state index in [1.807, 2.05) is 37.6 Å². The maximum atomic E-state index is 12.7. The molecule has 10 heteroatoms. The van der Waals surface area contributed by atoms with Gasteiger partial charge in [0.05, 0.1) is 10.0 Å². The molecule has 0 bridgehead atoms. The molecule has 3 rings (SSSR count). The fourth-order valence-corrected chi connectivity index (χ4v) is 4.00. The Hall–Kier alpha value is -2.45. The number of nitrogens with zero attached hydrogens (tertiary/aromatic N) is 3. The molecule has 0 unspecified atom stereocenters. The molecule has 0 aliphatic carbocycles. The summed E-state index contributed by atoms with van der Waals surface area (Å²) < 4.78 is 7.45. The van der Waals surface area contributed by atoms with Crippen molar-refractivity contribution >= 4 is 41.0 Å². The molecular formula is C22H29Cl2N5O3. The molecule has 3 heterocycles. The smallest absolute Gasteiger partial charge is 0.410 e. The summed E-state index contributed by atoms with van der Waals surface area (Å²) in [6.45, 7) is 7.64. The molecule has 174 valence electrons. The molecule has 0 spiro atoms. The van der Waals surface area contributed by atoms with Gasteiger partial charge in [0, 0.05) is 44.6 Å². The van der Waals surface area contributed by atoms with Crippen LogP contribution >= 0.6 is 23.2 Å². The largest absolute Gasteiger partial charge is 0.444 e. The summed E-state index contributed by atoms with van der Waals surface area (Å²) in [5.41, 5.74) is 0.0899. The first-order valence-corrected chi connectivity index (χ1v) is 11.4. The van der Waals surface area contributed by atoms with E-state index in [4.69, 9.17) is 27.9 Å². The molecular weight excluding hydrogens is 453 g/mol. The number of aromatic nitrogens is 2. The number of halogens is 2. The highest BCUT2D eigenvalue weighted by Gasteiger charge is 2.28. The summed E-state index contributed by atoms with van der Waals surface area (Å²) in [5, 5.41) is 6.88. The predicted octanol–water partition coefficient (Wildman–Crippen LogP) is 4.60. The summed E-state index contributed by atoms with van der Waals surface area (Å²) in [4.78, 5) is 30.9. The molecule has 2 N–H and O–H groups in total. The van der Waals surface area contributed by atoms with Crippen LogP contribution in [-0.4, -0.2) is 58.2 Å². The Morgan fingerprint density at radius 3 is 2.59 bits per heavy atom. The van der Waals surface area contributed by atoms with Crippen molar-refractivity contribution in [3.63, 3.8) is 0 Å². The van der Waals surface area contributed by atoms with Gasteiger partial charge in [-0.3, -0.25) is 4.79 Å². The van der Waals surface area contributed by atoms with Crippen LogP contribution in [0.3, 0.4) is 0 Å². The van der Waals surface area contributed by atoms with E-state index in [0.29, 0.717) is 47.7 Å². The number of nitrogens with one attached hydrogen (secondary N) is 2. The highest BCUT2D eigenvalue weighted by molar-refractivity contribution is 6.35. The first-order chi connectivity index (χ1) is 15.1. The fraction of sp³-hybridized carbons (Fsp3) is 0.500. The van der Waals surface area contributed by atoms with E-state index in [2.05, 4.69) is 15.6 Å². The van der Waals surface area contributed by atoms with Crippen LogP contribution in [0.1, 0.15) is 50.1 Å². The third kappa shape index (κ3) is 6.53. The van der Waals surface area contributed by atoms with Gasteiger partial charge in [-0.05, 0) is 51.8 Å². The van der Waals surface area contributed by atoms with Crippen molar-refractivity contribution in [1.29, 1.82) is 0 Å². The second-order valence-electron chi connectivity index (χ2n) is 8.67. The van der Waals surface area contributed by atoms with Crippen LogP contribution in [0.4, 0.5) is 10.6 Å². The van der Waals surface area contributed by atoms with Gasteiger partial charge < -0.3 is 24.8 Å². The number of anilines is 1. The van der Waals surface area contributed by atoms with Gasteiger partial charge in [-0.2, -0.15) is 0 Å². The minimum atomic E-state index is -0.510. The number of likely N-dealkylation sites (tertiary alicyclic amines) is 1. The maximum Gasteiger partial charge on any atom is 0.410 e. The minimum Gasteiger partial charge on any atom is -0.444 e. The highest BCUT2D eigenvalue weighted by atomic mass is 35.5. The Labute approximate surface area is 198 Å². The number of amides is 2. The van der Waals surface area contributed by atoms with Crippen LogP contribution in [0.25, 0.3) is 0 Å². The molecule has 32 heavy (non-hydrogen) atoms. The molecule has 0 radical (unpaired) electrons. The summed E-state index contributed by atoms with van der Waals surface area (Å²) in [6.07, 6.45) is 4.66. The quantitative estimate of drug-likeness (QED) is 0.588. The number of hydrogen-bond donors (Lipinski definition) is 2. The Morgan fingerprint density at radius 1 is 1.22 bits per heavy atom. The standard InChI is InChI=1S/C22H29Cl2N5O3/c1-22(2,3)32-21(31)28-11-6-16(7-12-28)29-10-4-5-18(29)20(30)26-9-8-25-19-17(24)13-15(23)14-27-19/h4-5,10,13-14,16H,6-9,11-12H2,1-3H3,(H,25,27)(H,26,30). The van der Waals surface area contributed by atoms with Gasteiger partial charge in [0.15, 0.2) is 0 Å². The number of hydrogen-bond acceptors (Lipinski definition) is 5. The third-order valence-electron chi connectivity index (χ3n) is 5.03. The van der Waals surface area contributed by atoms with Crippen molar-refractivity contribution in [2.75, 3.05) is 31.5 Å². The lowest BCUT2D eigenvalue weighted by Crippen LogP contribution is -2.42. The first kappa shape index (κ1) is 24.2. The zero-order valence-electron chi connectivity index (χ0n) is 18.5. The van der Waals surface area contributed by atoms with Crippen molar-refractivity contribution in [2.24, 2.45) is 0 Å². The molecule has 2 aromatic heterocycles. The van der Waals surface area contributed by atoms with Gasteiger partial charge in [0.2, 0.25) is 0 Å². The predicted molar refractivity (Wildman–Crippen MR) is 126 cm³/mol. The van der Waals surface area contributed by atoms with Crippen LogP contribution in [0.5, 0.6) is 0 Å². The Morgan fingerprint density at radius 2 is 1.94 bits per heavy atom. The van der Waals surface area contributed by atoms with Crippen LogP contribution in [0.15, 0.2) is 30.6 Å². The molecule has 2 amide bonds. The van der Waals surface area contributed by atoms with E-state index in [-0.39, 0.29) is 18.0 Å². The van der Waals surface area contributed by atoms with Gasteiger partial charge in [-0.1, -0.05) is 23.2 Å². The molecule has 1 saturated heterocycles. The molecule has 0 saturated carbocycles. The van der Waals surface area contributed by atoms with Crippen molar-refractivity contribution in [1.82, 2.24) is 19.8 Å². The molecule has 1 aliphatic rings. The number of pyridine rings is 1. The van der Waals surface area contributed by atoms with Gasteiger partial charge in [0.25, 0.3) is 5.91 Å². The SMILES string of the molecule is CC(C)(C)OC(=O)N1CCC(n2cccc2C(=O)NCCNc2ncc(Cl)cc2Cl)CC1. The average Bonchev–Trinajstić information content (AvgIpc) is 3.21. The minimum absolute atomic E-state index is 0.151. The van der Waals surface area contributed by atoms with Gasteiger partial charge >= 0.3 is 6.09 Å². The lowest BCUT2D eigenvalue weighted by atomic mass is 10.0. The van der Waals surface area contributed by atoms with Gasteiger partial charge in [-0.25, -0.2) is 9.78 Å². The highest BCUT2D eigenvalue weighted by Crippen LogP contribution is 2.26. The number of carbonyl (C=O) groups is 2. The Balaban J connectivity index is 1.48. The van der Waals surface area contributed by atoms with Gasteiger partial charge in [0.1, 0.15) is 17.1 Å². The van der Waals surface area contributed by atoms with Crippen LogP contribution in [0, 0.1) is 0 Å². The number of piperidine rings is 1. The average molecular weight is 482 g/mol. The molecule has 0 aromatic carbocycles. The Bertz CT molecular complexity index is 949. The van der Waals surface area contributed by atoms with Crippen LogP contribution < -0.4 is 10.6 Å². The molecule has 8 nitrogen and oxygen atoms in total. The molecule has 1 aliphatic heterocycles. The Kier molecular flexibility index (Phi) is 7.90. The molecule has 2 aromatic rings. The van der Waals surface area contributed by atoms with E-state index < -0.39 is 5.60 Å². The summed E-state index contributed by atoms with van der Waals surface area (Å²) in [7, 11) is 0. The first-order valence-electron chi connectivity index (χ1n) is 10.6.